The Morgan fingerprint density at radius 3 is 2.71 bits per heavy atom. The summed E-state index contributed by atoms with van der Waals surface area (Å²) in [5.41, 5.74) is 0.167. The molecule has 7 heteroatoms. The number of methoxy groups -OCH3 is 1. The van der Waals surface area contributed by atoms with E-state index in [1.807, 2.05) is 0 Å². The number of amides is 1. The lowest BCUT2D eigenvalue weighted by Crippen LogP contribution is -2.30. The predicted octanol–water partition coefficient (Wildman–Crippen LogP) is 3.64. The van der Waals surface area contributed by atoms with E-state index in [2.05, 4.69) is 17.2 Å². The largest absolute Gasteiger partial charge is 0.491 e. The van der Waals surface area contributed by atoms with Crippen molar-refractivity contribution in [3.63, 3.8) is 0 Å². The third kappa shape index (κ3) is 4.13. The van der Waals surface area contributed by atoms with E-state index in [0.29, 0.717) is 29.0 Å². The van der Waals surface area contributed by atoms with Crippen molar-refractivity contribution >= 4 is 22.8 Å². The molecule has 1 fully saturated rings. The third-order valence-electron chi connectivity index (χ3n) is 5.34. The van der Waals surface area contributed by atoms with Gasteiger partial charge in [0.2, 0.25) is 11.9 Å². The highest BCUT2D eigenvalue weighted by atomic mass is 16.5. The molecule has 1 saturated carbocycles. The number of benzene rings is 1. The molecule has 1 aromatic heterocycles. The number of aromatic nitrogens is 2. The van der Waals surface area contributed by atoms with Crippen molar-refractivity contribution in [2.24, 2.45) is 13.0 Å². The summed E-state index contributed by atoms with van der Waals surface area (Å²) in [5, 5.41) is 3.28. The van der Waals surface area contributed by atoms with Gasteiger partial charge in [-0.1, -0.05) is 32.6 Å². The number of hydrogen-bond acceptors (Lipinski definition) is 5. The molecule has 0 spiro atoms. The molecule has 0 saturated heterocycles. The summed E-state index contributed by atoms with van der Waals surface area (Å²) in [5.74, 6) is 1.10. The van der Waals surface area contributed by atoms with Gasteiger partial charge in [0.15, 0.2) is 11.5 Å². The molecule has 1 aliphatic rings. The number of carbonyl (C=O) groups excluding carboxylic acids is 1. The van der Waals surface area contributed by atoms with E-state index in [0.717, 1.165) is 38.5 Å². The van der Waals surface area contributed by atoms with Gasteiger partial charge in [0.05, 0.1) is 19.1 Å². The molecule has 0 unspecified atom stereocenters. The average Bonchev–Trinajstić information content (AvgIpc) is 2.72. The van der Waals surface area contributed by atoms with Crippen molar-refractivity contribution in [3.05, 3.63) is 22.5 Å². The maximum absolute atomic E-state index is 12.8. The molecule has 0 atom stereocenters. The van der Waals surface area contributed by atoms with E-state index in [1.54, 1.807) is 19.2 Å². The fourth-order valence-corrected chi connectivity index (χ4v) is 3.62. The first-order chi connectivity index (χ1) is 13.6. The summed E-state index contributed by atoms with van der Waals surface area (Å²) in [6, 6.07) is 3.43. The molecule has 1 amide bonds. The second kappa shape index (κ2) is 9.08. The summed E-state index contributed by atoms with van der Waals surface area (Å²) < 4.78 is 12.7. The van der Waals surface area contributed by atoms with Crippen LogP contribution in [0.25, 0.3) is 10.9 Å². The topological polar surface area (TPSA) is 82.5 Å². The number of nitrogens with zero attached hydrogens (tertiary/aromatic N) is 2. The number of rotatable bonds is 7. The molecule has 1 aliphatic carbocycles. The molecular weight excluding hydrogens is 358 g/mol. The lowest BCUT2D eigenvalue weighted by Gasteiger charge is -2.21. The molecule has 0 bridgehead atoms. The minimum absolute atomic E-state index is 0.0213. The highest BCUT2D eigenvalue weighted by Crippen LogP contribution is 2.34. The smallest absolute Gasteiger partial charge is 0.262 e. The number of nitrogens with one attached hydrogen (secondary N) is 1. The van der Waals surface area contributed by atoms with Crippen LogP contribution in [0.5, 0.6) is 11.5 Å². The molecule has 2 aromatic rings. The van der Waals surface area contributed by atoms with Crippen molar-refractivity contribution in [3.8, 4) is 11.5 Å². The van der Waals surface area contributed by atoms with E-state index in [9.17, 15) is 9.59 Å². The van der Waals surface area contributed by atoms with Gasteiger partial charge < -0.3 is 9.47 Å². The van der Waals surface area contributed by atoms with E-state index < -0.39 is 0 Å². The van der Waals surface area contributed by atoms with Gasteiger partial charge in [-0.05, 0) is 31.4 Å². The standard InChI is InChI=1S/C21H29N3O4/c1-4-5-13-28-16-12-11-15-17(18(16)27-3)22-21(24(2)20(15)26)23-19(25)14-9-7-6-8-10-14/h11-12,14H,4-10,13H2,1-3H3,(H,22,23,25). The van der Waals surface area contributed by atoms with Crippen molar-refractivity contribution in [1.29, 1.82) is 0 Å². The summed E-state index contributed by atoms with van der Waals surface area (Å²) in [6.07, 6.45) is 7.01. The van der Waals surface area contributed by atoms with Crippen molar-refractivity contribution in [2.75, 3.05) is 19.0 Å². The Labute approximate surface area is 165 Å². The Kier molecular flexibility index (Phi) is 6.54. The summed E-state index contributed by atoms with van der Waals surface area (Å²) in [4.78, 5) is 30.0. The molecule has 1 aromatic carbocycles. The minimum atomic E-state index is -0.234. The molecule has 1 heterocycles. The predicted molar refractivity (Wildman–Crippen MR) is 109 cm³/mol. The lowest BCUT2D eigenvalue weighted by molar-refractivity contribution is -0.120. The van der Waals surface area contributed by atoms with Crippen LogP contribution in [0.1, 0.15) is 51.9 Å². The zero-order chi connectivity index (χ0) is 20.1. The van der Waals surface area contributed by atoms with Crippen LogP contribution in [-0.4, -0.2) is 29.2 Å². The van der Waals surface area contributed by atoms with Gasteiger partial charge in [0.25, 0.3) is 5.56 Å². The van der Waals surface area contributed by atoms with E-state index in [1.165, 1.54) is 18.1 Å². The number of ether oxygens (including phenoxy) is 2. The first kappa shape index (κ1) is 20.2. The van der Waals surface area contributed by atoms with Crippen molar-refractivity contribution < 1.29 is 14.3 Å². The van der Waals surface area contributed by atoms with Gasteiger partial charge >= 0.3 is 0 Å². The SMILES string of the molecule is CCCCOc1ccc2c(=O)n(C)c(NC(=O)C3CCCCC3)nc2c1OC. The van der Waals surface area contributed by atoms with Crippen LogP contribution in [-0.2, 0) is 11.8 Å². The molecular formula is C21H29N3O4. The number of hydrogen-bond donors (Lipinski definition) is 1. The third-order valence-corrected chi connectivity index (χ3v) is 5.34. The monoisotopic (exact) mass is 387 g/mol. The number of carbonyl (C=O) groups is 1. The summed E-state index contributed by atoms with van der Waals surface area (Å²) in [6.45, 7) is 2.65. The molecule has 7 nitrogen and oxygen atoms in total. The Balaban J connectivity index is 1.97. The second-order valence-corrected chi connectivity index (χ2v) is 7.32. The fraction of sp³-hybridized carbons (Fsp3) is 0.571. The Morgan fingerprint density at radius 2 is 2.04 bits per heavy atom. The van der Waals surface area contributed by atoms with Crippen molar-refractivity contribution in [2.45, 2.75) is 51.9 Å². The maximum atomic E-state index is 12.8. The van der Waals surface area contributed by atoms with E-state index in [-0.39, 0.29) is 23.3 Å². The Hall–Kier alpha value is -2.57. The van der Waals surface area contributed by atoms with Gasteiger partial charge in [0.1, 0.15) is 5.52 Å². The molecule has 3 rings (SSSR count). The molecule has 0 radical (unpaired) electrons. The van der Waals surface area contributed by atoms with Crippen molar-refractivity contribution in [1.82, 2.24) is 9.55 Å². The number of anilines is 1. The van der Waals surface area contributed by atoms with Gasteiger partial charge in [-0.3, -0.25) is 19.5 Å². The molecule has 1 N–H and O–H groups in total. The summed E-state index contributed by atoms with van der Waals surface area (Å²) >= 11 is 0. The zero-order valence-electron chi connectivity index (χ0n) is 16.9. The van der Waals surface area contributed by atoms with Crippen LogP contribution >= 0.6 is 0 Å². The van der Waals surface area contributed by atoms with E-state index >= 15 is 0 Å². The van der Waals surface area contributed by atoms with Crippen LogP contribution in [0.4, 0.5) is 5.95 Å². The highest BCUT2D eigenvalue weighted by Gasteiger charge is 2.23. The quantitative estimate of drug-likeness (QED) is 0.734. The first-order valence-electron chi connectivity index (χ1n) is 10.1. The van der Waals surface area contributed by atoms with E-state index in [4.69, 9.17) is 9.47 Å². The minimum Gasteiger partial charge on any atom is -0.491 e. The average molecular weight is 387 g/mol. The Morgan fingerprint density at radius 1 is 1.29 bits per heavy atom. The lowest BCUT2D eigenvalue weighted by atomic mass is 9.89. The van der Waals surface area contributed by atoms with Crippen LogP contribution in [0, 0.1) is 5.92 Å². The molecule has 0 aliphatic heterocycles. The van der Waals surface area contributed by atoms with Crippen LogP contribution in [0.15, 0.2) is 16.9 Å². The maximum Gasteiger partial charge on any atom is 0.262 e. The van der Waals surface area contributed by atoms with Gasteiger partial charge in [-0.2, -0.15) is 0 Å². The second-order valence-electron chi connectivity index (χ2n) is 7.32. The Bertz CT molecular complexity index is 901. The van der Waals surface area contributed by atoms with Crippen LogP contribution in [0.2, 0.25) is 0 Å². The normalized spacial score (nSPS) is 14.8. The summed E-state index contributed by atoms with van der Waals surface area (Å²) in [7, 11) is 3.14. The van der Waals surface area contributed by atoms with Gasteiger partial charge in [-0.25, -0.2) is 4.98 Å². The van der Waals surface area contributed by atoms with Crippen LogP contribution < -0.4 is 20.3 Å². The van der Waals surface area contributed by atoms with Crippen LogP contribution in [0.3, 0.4) is 0 Å². The molecule has 28 heavy (non-hydrogen) atoms. The number of fused-ring (bicyclic) bond motifs is 1. The zero-order valence-corrected chi connectivity index (χ0v) is 16.9. The highest BCUT2D eigenvalue weighted by molar-refractivity contribution is 5.93. The number of unbranched alkanes of at least 4 members (excludes halogenated alkanes) is 1. The fourth-order valence-electron chi connectivity index (χ4n) is 3.62. The first-order valence-corrected chi connectivity index (χ1v) is 10.1. The van der Waals surface area contributed by atoms with Gasteiger partial charge in [0, 0.05) is 13.0 Å². The molecule has 152 valence electrons. The van der Waals surface area contributed by atoms with Gasteiger partial charge in [-0.15, -0.1) is 0 Å².